The van der Waals surface area contributed by atoms with Gasteiger partial charge in [-0.3, -0.25) is 4.79 Å². The number of aromatic carboxylic acids is 1. The van der Waals surface area contributed by atoms with Gasteiger partial charge in [-0.15, -0.1) is 0 Å². The number of carbonyl (C=O) groups excluding carboxylic acids is 2. The summed E-state index contributed by atoms with van der Waals surface area (Å²) in [6.45, 7) is 5.90. The van der Waals surface area contributed by atoms with E-state index in [9.17, 15) is 14.4 Å². The highest BCUT2D eigenvalue weighted by Gasteiger charge is 2.36. The van der Waals surface area contributed by atoms with E-state index in [1.54, 1.807) is 37.8 Å². The number of hydrogen-bond acceptors (Lipinski definition) is 4. The largest absolute Gasteiger partial charge is 0.478 e. The zero-order chi connectivity index (χ0) is 17.9. The molecular weight excluding hydrogens is 310 g/mol. The van der Waals surface area contributed by atoms with Crippen molar-refractivity contribution in [3.05, 3.63) is 35.4 Å². The van der Waals surface area contributed by atoms with Gasteiger partial charge in [0.1, 0.15) is 11.6 Å². The minimum Gasteiger partial charge on any atom is -0.478 e. The summed E-state index contributed by atoms with van der Waals surface area (Å²) in [6, 6.07) is 5.73. The second-order valence-electron chi connectivity index (χ2n) is 6.96. The van der Waals surface area contributed by atoms with Crippen LogP contribution in [-0.2, 0) is 20.7 Å². The second-order valence-corrected chi connectivity index (χ2v) is 6.96. The van der Waals surface area contributed by atoms with Crippen LogP contribution < -0.4 is 0 Å². The van der Waals surface area contributed by atoms with Crippen molar-refractivity contribution in [2.45, 2.75) is 51.7 Å². The number of carboxylic acid groups (broad SMARTS) is 1. The maximum atomic E-state index is 12.5. The first-order valence-corrected chi connectivity index (χ1v) is 8.02. The first-order valence-electron chi connectivity index (χ1n) is 8.02. The summed E-state index contributed by atoms with van der Waals surface area (Å²) < 4.78 is 5.39. The Hall–Kier alpha value is -2.37. The number of amides is 1. The first-order chi connectivity index (χ1) is 11.2. The summed E-state index contributed by atoms with van der Waals surface area (Å²) in [5.41, 5.74) is 0.171. The second kappa shape index (κ2) is 7.03. The van der Waals surface area contributed by atoms with E-state index in [0.29, 0.717) is 18.5 Å². The van der Waals surface area contributed by atoms with Gasteiger partial charge in [0.25, 0.3) is 0 Å². The molecule has 1 aromatic rings. The third-order valence-corrected chi connectivity index (χ3v) is 3.78. The van der Waals surface area contributed by atoms with Crippen LogP contribution >= 0.6 is 0 Å². The van der Waals surface area contributed by atoms with Gasteiger partial charge >= 0.3 is 11.9 Å². The molecule has 0 aliphatic carbocycles. The number of likely N-dealkylation sites (tertiary alicyclic amines) is 1. The molecule has 0 saturated carbocycles. The van der Waals surface area contributed by atoms with Crippen molar-refractivity contribution in [1.29, 1.82) is 0 Å². The zero-order valence-corrected chi connectivity index (χ0v) is 14.2. The highest BCUT2D eigenvalue weighted by Crippen LogP contribution is 2.22. The van der Waals surface area contributed by atoms with Crippen LogP contribution in [0.2, 0.25) is 0 Å². The fraction of sp³-hybridized carbons (Fsp3) is 0.500. The van der Waals surface area contributed by atoms with Gasteiger partial charge in [0.15, 0.2) is 0 Å². The lowest BCUT2D eigenvalue weighted by molar-refractivity contribution is -0.163. The number of hydrogen-bond donors (Lipinski definition) is 1. The van der Waals surface area contributed by atoms with Crippen molar-refractivity contribution < 1.29 is 24.2 Å². The Balaban J connectivity index is 2.07. The van der Waals surface area contributed by atoms with Gasteiger partial charge in [-0.2, -0.15) is 0 Å². The number of rotatable bonds is 4. The van der Waals surface area contributed by atoms with Crippen LogP contribution in [0.4, 0.5) is 0 Å². The maximum Gasteiger partial charge on any atom is 0.335 e. The van der Waals surface area contributed by atoms with E-state index in [2.05, 4.69) is 0 Å². The molecule has 24 heavy (non-hydrogen) atoms. The van der Waals surface area contributed by atoms with E-state index in [-0.39, 0.29) is 23.9 Å². The van der Waals surface area contributed by atoms with E-state index >= 15 is 0 Å². The molecule has 1 aliphatic rings. The molecule has 1 fully saturated rings. The van der Waals surface area contributed by atoms with Gasteiger partial charge in [0.05, 0.1) is 12.0 Å². The topological polar surface area (TPSA) is 83.9 Å². The van der Waals surface area contributed by atoms with E-state index in [4.69, 9.17) is 9.84 Å². The molecule has 1 unspecified atom stereocenters. The summed E-state index contributed by atoms with van der Waals surface area (Å²) in [4.78, 5) is 37.4. The Morgan fingerprint density at radius 2 is 2.00 bits per heavy atom. The smallest absolute Gasteiger partial charge is 0.335 e. The van der Waals surface area contributed by atoms with Crippen LogP contribution in [0, 0.1) is 0 Å². The summed E-state index contributed by atoms with van der Waals surface area (Å²) in [5.74, 6) is -1.60. The number of esters is 1. The monoisotopic (exact) mass is 333 g/mol. The predicted octanol–water partition coefficient (Wildman–Crippen LogP) is 2.26. The van der Waals surface area contributed by atoms with Crippen molar-refractivity contribution in [1.82, 2.24) is 4.90 Å². The lowest BCUT2D eigenvalue weighted by atomic mass is 10.1. The Labute approximate surface area is 141 Å². The summed E-state index contributed by atoms with van der Waals surface area (Å²) in [5, 5.41) is 9.02. The number of carbonyl (C=O) groups is 3. The molecule has 1 aromatic carbocycles. The van der Waals surface area contributed by atoms with E-state index in [1.165, 1.54) is 12.1 Å². The molecule has 2 rings (SSSR count). The lowest BCUT2D eigenvalue weighted by Crippen LogP contribution is -2.44. The van der Waals surface area contributed by atoms with Crippen LogP contribution in [0.1, 0.15) is 49.5 Å². The normalized spacial score (nSPS) is 17.6. The summed E-state index contributed by atoms with van der Waals surface area (Å²) >= 11 is 0. The van der Waals surface area contributed by atoms with Crippen LogP contribution in [0.3, 0.4) is 0 Å². The Kier molecular flexibility index (Phi) is 5.26. The van der Waals surface area contributed by atoms with E-state index in [0.717, 1.165) is 6.42 Å². The molecule has 6 nitrogen and oxygen atoms in total. The van der Waals surface area contributed by atoms with Crippen LogP contribution in [0.5, 0.6) is 0 Å². The molecule has 1 saturated heterocycles. The predicted molar refractivity (Wildman–Crippen MR) is 87.7 cm³/mol. The number of benzene rings is 1. The molecule has 6 heteroatoms. The summed E-state index contributed by atoms with van der Waals surface area (Å²) in [6.07, 6.45) is 1.42. The van der Waals surface area contributed by atoms with Gasteiger partial charge in [-0.05, 0) is 51.3 Å². The minimum absolute atomic E-state index is 0.0699. The first kappa shape index (κ1) is 18.0. The Morgan fingerprint density at radius 1 is 1.29 bits per heavy atom. The molecule has 1 N–H and O–H groups in total. The van der Waals surface area contributed by atoms with Crippen molar-refractivity contribution in [2.24, 2.45) is 0 Å². The molecule has 0 aromatic heterocycles. The molecule has 0 spiro atoms. The van der Waals surface area contributed by atoms with E-state index < -0.39 is 17.6 Å². The van der Waals surface area contributed by atoms with Crippen LogP contribution in [-0.4, -0.2) is 46.0 Å². The highest BCUT2D eigenvalue weighted by atomic mass is 16.6. The fourth-order valence-corrected chi connectivity index (χ4v) is 2.77. The van der Waals surface area contributed by atoms with Gasteiger partial charge in [0, 0.05) is 6.54 Å². The van der Waals surface area contributed by atoms with Crippen LogP contribution in [0.25, 0.3) is 0 Å². The van der Waals surface area contributed by atoms with Gasteiger partial charge in [-0.1, -0.05) is 12.1 Å². The number of carboxylic acids is 1. The molecule has 1 heterocycles. The molecule has 1 amide bonds. The van der Waals surface area contributed by atoms with Crippen molar-refractivity contribution in [3.63, 3.8) is 0 Å². The lowest BCUT2D eigenvalue weighted by Gasteiger charge is -2.27. The minimum atomic E-state index is -1.03. The SMILES string of the molecule is CC(C)(C)OC(=O)C1CCCN1C(=O)Cc1cccc(C(=O)O)c1. The third kappa shape index (κ3) is 4.57. The number of nitrogens with zero attached hydrogens (tertiary/aromatic N) is 1. The standard InChI is InChI=1S/C18H23NO5/c1-18(2,3)24-17(23)14-8-5-9-19(14)15(20)11-12-6-4-7-13(10-12)16(21)22/h4,6-7,10,14H,5,8-9,11H2,1-3H3,(H,21,22). The Morgan fingerprint density at radius 3 is 2.62 bits per heavy atom. The van der Waals surface area contributed by atoms with Crippen molar-refractivity contribution >= 4 is 17.8 Å². The molecule has 0 bridgehead atoms. The highest BCUT2D eigenvalue weighted by molar-refractivity contribution is 5.89. The molecular formula is C18H23NO5. The van der Waals surface area contributed by atoms with Gasteiger partial charge < -0.3 is 14.7 Å². The van der Waals surface area contributed by atoms with E-state index in [1.807, 2.05) is 0 Å². The average molecular weight is 333 g/mol. The third-order valence-electron chi connectivity index (χ3n) is 3.78. The number of ether oxygens (including phenoxy) is 1. The fourth-order valence-electron chi connectivity index (χ4n) is 2.77. The van der Waals surface area contributed by atoms with Gasteiger partial charge in [0.2, 0.25) is 5.91 Å². The average Bonchev–Trinajstić information content (AvgIpc) is 2.95. The van der Waals surface area contributed by atoms with Gasteiger partial charge in [-0.25, -0.2) is 9.59 Å². The molecule has 1 atom stereocenters. The quantitative estimate of drug-likeness (QED) is 0.855. The Bertz CT molecular complexity index is 647. The van der Waals surface area contributed by atoms with Crippen molar-refractivity contribution in [2.75, 3.05) is 6.54 Å². The molecule has 1 aliphatic heterocycles. The summed E-state index contributed by atoms with van der Waals surface area (Å²) in [7, 11) is 0. The maximum absolute atomic E-state index is 12.5. The molecule has 130 valence electrons. The zero-order valence-electron chi connectivity index (χ0n) is 14.2. The van der Waals surface area contributed by atoms with Crippen molar-refractivity contribution in [3.8, 4) is 0 Å². The molecule has 0 radical (unpaired) electrons. The van der Waals surface area contributed by atoms with Crippen LogP contribution in [0.15, 0.2) is 24.3 Å².